The topological polar surface area (TPSA) is 75.4 Å². The van der Waals surface area contributed by atoms with Crippen molar-refractivity contribution >= 4 is 22.6 Å². The van der Waals surface area contributed by atoms with Crippen molar-refractivity contribution in [3.8, 4) is 0 Å². The van der Waals surface area contributed by atoms with E-state index in [0.717, 1.165) is 41.4 Å². The summed E-state index contributed by atoms with van der Waals surface area (Å²) in [5.41, 5.74) is 2.35. The number of hydrogen-bond donors (Lipinski definition) is 1. The number of amides is 2. The molecule has 2 heterocycles. The van der Waals surface area contributed by atoms with Crippen LogP contribution in [0.1, 0.15) is 40.2 Å². The highest BCUT2D eigenvalue weighted by Gasteiger charge is 2.25. The van der Waals surface area contributed by atoms with E-state index in [9.17, 15) is 9.59 Å². The Morgan fingerprint density at radius 1 is 1.17 bits per heavy atom. The van der Waals surface area contributed by atoms with Crippen LogP contribution < -0.4 is 5.32 Å². The van der Waals surface area contributed by atoms with E-state index in [4.69, 9.17) is 4.52 Å². The molecular weight excluding hydrogens is 378 g/mol. The highest BCUT2D eigenvalue weighted by atomic mass is 16.5. The van der Waals surface area contributed by atoms with Gasteiger partial charge >= 0.3 is 0 Å². The lowest BCUT2D eigenvalue weighted by Crippen LogP contribution is -2.44. The molecule has 0 saturated carbocycles. The lowest BCUT2D eigenvalue weighted by molar-refractivity contribution is -0.132. The number of carbonyl (C=O) groups excluding carboxylic acids is 2. The van der Waals surface area contributed by atoms with Gasteiger partial charge in [-0.1, -0.05) is 41.6 Å². The third kappa shape index (κ3) is 4.22. The Kier molecular flexibility index (Phi) is 5.84. The average Bonchev–Trinajstić information content (AvgIpc) is 3.09. The molecule has 6 nitrogen and oxygen atoms in total. The second-order valence-electron chi connectivity index (χ2n) is 8.06. The molecule has 3 aromatic rings. The van der Waals surface area contributed by atoms with E-state index in [1.165, 1.54) is 0 Å². The molecule has 0 radical (unpaired) electrons. The van der Waals surface area contributed by atoms with Crippen LogP contribution in [0.2, 0.25) is 0 Å². The second-order valence-corrected chi connectivity index (χ2v) is 8.06. The minimum atomic E-state index is -0.0639. The Labute approximate surface area is 176 Å². The van der Waals surface area contributed by atoms with Crippen LogP contribution in [0, 0.1) is 19.8 Å². The summed E-state index contributed by atoms with van der Waals surface area (Å²) in [6.07, 6.45) is 2.27. The van der Waals surface area contributed by atoms with E-state index in [1.54, 1.807) is 0 Å². The Morgan fingerprint density at radius 3 is 2.77 bits per heavy atom. The number of nitrogens with one attached hydrogen (secondary N) is 1. The lowest BCUT2D eigenvalue weighted by Gasteiger charge is -2.33. The summed E-state index contributed by atoms with van der Waals surface area (Å²) in [7, 11) is 0. The van der Waals surface area contributed by atoms with Gasteiger partial charge in [0.2, 0.25) is 5.91 Å². The van der Waals surface area contributed by atoms with Crippen molar-refractivity contribution < 1.29 is 14.1 Å². The smallest absolute Gasteiger partial charge is 0.251 e. The Hall–Kier alpha value is -3.15. The standard InChI is InChI=1S/C24H27N3O3/c1-16-22(17(2)30-26-16)13-23(28)27-12-6-7-18(15-27)14-25-24(29)21-11-5-9-19-8-3-4-10-20(19)21/h3-5,8-11,18H,6-7,12-15H2,1-2H3,(H,25,29)/t18-/m1/s1. The Balaban J connectivity index is 1.36. The fourth-order valence-corrected chi connectivity index (χ4v) is 4.23. The predicted octanol–water partition coefficient (Wildman–Crippen LogP) is 3.66. The van der Waals surface area contributed by atoms with Gasteiger partial charge in [-0.2, -0.15) is 0 Å². The van der Waals surface area contributed by atoms with Gasteiger partial charge in [-0.25, -0.2) is 0 Å². The monoisotopic (exact) mass is 405 g/mol. The summed E-state index contributed by atoms with van der Waals surface area (Å²) >= 11 is 0. The molecule has 0 aliphatic carbocycles. The molecule has 1 atom stereocenters. The molecule has 30 heavy (non-hydrogen) atoms. The molecule has 4 rings (SSSR count). The van der Waals surface area contributed by atoms with Crippen LogP contribution in [0.25, 0.3) is 10.8 Å². The number of nitrogens with zero attached hydrogens (tertiary/aromatic N) is 2. The highest BCUT2D eigenvalue weighted by molar-refractivity contribution is 6.07. The van der Waals surface area contributed by atoms with Crippen molar-refractivity contribution in [3.63, 3.8) is 0 Å². The van der Waals surface area contributed by atoms with E-state index in [0.29, 0.717) is 30.8 Å². The van der Waals surface area contributed by atoms with Crippen LogP contribution >= 0.6 is 0 Å². The molecule has 156 valence electrons. The molecule has 6 heteroatoms. The van der Waals surface area contributed by atoms with Crippen molar-refractivity contribution in [2.75, 3.05) is 19.6 Å². The van der Waals surface area contributed by atoms with Gasteiger partial charge in [0.25, 0.3) is 5.91 Å². The molecule has 1 aliphatic heterocycles. The summed E-state index contributed by atoms with van der Waals surface area (Å²) in [6.45, 7) is 5.69. The molecule has 0 unspecified atom stereocenters. The Morgan fingerprint density at radius 2 is 1.97 bits per heavy atom. The van der Waals surface area contributed by atoms with Crippen LogP contribution in [0.5, 0.6) is 0 Å². The first-order valence-electron chi connectivity index (χ1n) is 10.5. The van der Waals surface area contributed by atoms with Crippen LogP contribution in [-0.4, -0.2) is 41.5 Å². The van der Waals surface area contributed by atoms with Crippen molar-refractivity contribution in [1.29, 1.82) is 0 Å². The van der Waals surface area contributed by atoms with Gasteiger partial charge in [0.15, 0.2) is 0 Å². The maximum Gasteiger partial charge on any atom is 0.251 e. The zero-order valence-electron chi connectivity index (χ0n) is 17.5. The highest BCUT2D eigenvalue weighted by Crippen LogP contribution is 2.21. The third-order valence-electron chi connectivity index (χ3n) is 5.97. The number of aromatic nitrogens is 1. The molecule has 0 spiro atoms. The van der Waals surface area contributed by atoms with Crippen molar-refractivity contribution in [3.05, 3.63) is 65.0 Å². The van der Waals surface area contributed by atoms with Crippen molar-refractivity contribution in [2.24, 2.45) is 5.92 Å². The largest absolute Gasteiger partial charge is 0.361 e. The number of piperidine rings is 1. The zero-order chi connectivity index (χ0) is 21.1. The number of carbonyl (C=O) groups is 2. The SMILES string of the molecule is Cc1noc(C)c1CC(=O)N1CCC[C@H](CNC(=O)c2cccc3ccccc23)C1. The molecule has 1 fully saturated rings. The van der Waals surface area contributed by atoms with Gasteiger partial charge in [-0.15, -0.1) is 0 Å². The fourth-order valence-electron chi connectivity index (χ4n) is 4.23. The van der Waals surface area contributed by atoms with Gasteiger partial charge in [-0.05, 0) is 49.4 Å². The Bertz CT molecular complexity index is 1050. The van der Waals surface area contributed by atoms with Crippen LogP contribution in [-0.2, 0) is 11.2 Å². The van der Waals surface area contributed by atoms with Gasteiger partial charge < -0.3 is 14.7 Å². The molecule has 2 aromatic carbocycles. The first-order valence-corrected chi connectivity index (χ1v) is 10.5. The molecule has 0 bridgehead atoms. The molecule has 1 N–H and O–H groups in total. The van der Waals surface area contributed by atoms with E-state index in [-0.39, 0.29) is 17.7 Å². The zero-order valence-corrected chi connectivity index (χ0v) is 17.5. The van der Waals surface area contributed by atoms with Crippen LogP contribution in [0.3, 0.4) is 0 Å². The van der Waals surface area contributed by atoms with Gasteiger partial charge in [0.05, 0.1) is 12.1 Å². The average molecular weight is 405 g/mol. The number of fused-ring (bicyclic) bond motifs is 1. The van der Waals surface area contributed by atoms with E-state index < -0.39 is 0 Å². The van der Waals surface area contributed by atoms with E-state index >= 15 is 0 Å². The fraction of sp³-hybridized carbons (Fsp3) is 0.375. The summed E-state index contributed by atoms with van der Waals surface area (Å²) in [5.74, 6) is 0.989. The first kappa shape index (κ1) is 20.1. The first-order chi connectivity index (χ1) is 14.5. The number of rotatable bonds is 5. The third-order valence-corrected chi connectivity index (χ3v) is 5.97. The van der Waals surface area contributed by atoms with Gasteiger partial charge in [-0.3, -0.25) is 9.59 Å². The van der Waals surface area contributed by atoms with Crippen molar-refractivity contribution in [2.45, 2.75) is 33.1 Å². The summed E-state index contributed by atoms with van der Waals surface area (Å²) < 4.78 is 5.17. The van der Waals surface area contributed by atoms with Gasteiger partial charge in [0.1, 0.15) is 5.76 Å². The summed E-state index contributed by atoms with van der Waals surface area (Å²) in [6, 6.07) is 13.7. The minimum Gasteiger partial charge on any atom is -0.361 e. The minimum absolute atomic E-state index is 0.0639. The number of likely N-dealkylation sites (tertiary alicyclic amines) is 1. The maximum atomic E-state index is 12.8. The maximum absolute atomic E-state index is 12.8. The van der Waals surface area contributed by atoms with E-state index in [1.807, 2.05) is 61.2 Å². The molecule has 1 aliphatic rings. The number of hydrogen-bond acceptors (Lipinski definition) is 4. The van der Waals surface area contributed by atoms with Crippen molar-refractivity contribution in [1.82, 2.24) is 15.4 Å². The lowest BCUT2D eigenvalue weighted by atomic mass is 9.96. The quantitative estimate of drug-likeness (QED) is 0.703. The van der Waals surface area contributed by atoms with Crippen LogP contribution in [0.4, 0.5) is 0 Å². The molecular formula is C24H27N3O3. The molecule has 1 saturated heterocycles. The normalized spacial score (nSPS) is 16.6. The summed E-state index contributed by atoms with van der Waals surface area (Å²) in [5, 5.41) is 9.03. The number of benzene rings is 2. The van der Waals surface area contributed by atoms with E-state index in [2.05, 4.69) is 10.5 Å². The second kappa shape index (κ2) is 8.69. The molecule has 1 aromatic heterocycles. The summed E-state index contributed by atoms with van der Waals surface area (Å²) in [4.78, 5) is 27.5. The van der Waals surface area contributed by atoms with Gasteiger partial charge in [0, 0.05) is 30.8 Å². The van der Waals surface area contributed by atoms with Crippen LogP contribution in [0.15, 0.2) is 47.0 Å². The number of aryl methyl sites for hydroxylation is 2. The predicted molar refractivity (Wildman–Crippen MR) is 115 cm³/mol. The molecule has 2 amide bonds.